The highest BCUT2D eigenvalue weighted by Crippen LogP contribution is 2.19. The molecule has 0 radical (unpaired) electrons. The Kier molecular flexibility index (Phi) is 9.77. The van der Waals surface area contributed by atoms with E-state index in [4.69, 9.17) is 4.74 Å². The lowest BCUT2D eigenvalue weighted by Gasteiger charge is -2.21. The summed E-state index contributed by atoms with van der Waals surface area (Å²) in [5, 5.41) is 3.97. The normalized spacial score (nSPS) is 11.5. The van der Waals surface area contributed by atoms with Crippen LogP contribution in [0.15, 0.2) is 106 Å². The Morgan fingerprint density at radius 1 is 1.06 bits per heavy atom. The molecule has 1 N–H and O–H groups in total. The molecule has 35 heavy (non-hydrogen) atoms. The zero-order valence-corrected chi connectivity index (χ0v) is 21.4. The van der Waals surface area contributed by atoms with Crippen LogP contribution in [0, 0.1) is 0 Å². The van der Waals surface area contributed by atoms with E-state index in [1.165, 1.54) is 18.3 Å². The zero-order valence-electron chi connectivity index (χ0n) is 19.0. The van der Waals surface area contributed by atoms with Gasteiger partial charge in [0.05, 0.1) is 17.7 Å². The average Bonchev–Trinajstić information content (AvgIpc) is 2.86. The number of sulfonamides is 1. The van der Waals surface area contributed by atoms with Crippen LogP contribution in [-0.4, -0.2) is 44.5 Å². The summed E-state index contributed by atoms with van der Waals surface area (Å²) < 4.78 is 34.0. The van der Waals surface area contributed by atoms with Crippen molar-refractivity contribution in [1.29, 1.82) is 0 Å². The molecular formula is C26H26BrN3O4S. The fourth-order valence-electron chi connectivity index (χ4n) is 3.15. The molecule has 0 unspecified atom stereocenters. The van der Waals surface area contributed by atoms with E-state index in [1.54, 1.807) is 42.5 Å². The average molecular weight is 556 g/mol. The molecule has 9 heteroatoms. The van der Waals surface area contributed by atoms with E-state index in [1.807, 2.05) is 30.3 Å². The van der Waals surface area contributed by atoms with Gasteiger partial charge in [-0.1, -0.05) is 71.0 Å². The summed E-state index contributed by atoms with van der Waals surface area (Å²) in [6.07, 6.45) is 3.58. The van der Waals surface area contributed by atoms with Crippen LogP contribution in [0.1, 0.15) is 11.1 Å². The van der Waals surface area contributed by atoms with Gasteiger partial charge < -0.3 is 4.74 Å². The van der Waals surface area contributed by atoms with Crippen molar-refractivity contribution in [1.82, 2.24) is 9.73 Å². The fraction of sp³-hybridized carbons (Fsp3) is 0.154. The SMILES string of the molecule is C=CCOc1cccc(C=NNC(=O)CN(CCc2ccccc2)S(=O)(=O)c2ccc(Br)cc2)c1. The van der Waals surface area contributed by atoms with Gasteiger partial charge in [-0.15, -0.1) is 0 Å². The Morgan fingerprint density at radius 3 is 2.51 bits per heavy atom. The second kappa shape index (κ2) is 13.0. The van der Waals surface area contributed by atoms with Crippen LogP contribution in [-0.2, 0) is 21.2 Å². The molecule has 0 saturated heterocycles. The summed E-state index contributed by atoms with van der Waals surface area (Å²) in [7, 11) is -3.90. The van der Waals surface area contributed by atoms with Crippen LogP contribution >= 0.6 is 15.9 Å². The topological polar surface area (TPSA) is 88.1 Å². The first-order valence-corrected chi connectivity index (χ1v) is 13.1. The summed E-state index contributed by atoms with van der Waals surface area (Å²) in [6.45, 7) is 3.76. The molecule has 182 valence electrons. The lowest BCUT2D eigenvalue weighted by molar-refractivity contribution is -0.121. The predicted molar refractivity (Wildman–Crippen MR) is 141 cm³/mol. The van der Waals surface area contributed by atoms with Crippen molar-refractivity contribution in [2.24, 2.45) is 5.10 Å². The fourth-order valence-corrected chi connectivity index (χ4v) is 4.81. The molecule has 7 nitrogen and oxygen atoms in total. The smallest absolute Gasteiger partial charge is 0.255 e. The zero-order chi connectivity index (χ0) is 25.1. The van der Waals surface area contributed by atoms with E-state index in [0.717, 1.165) is 19.9 Å². The number of carbonyl (C=O) groups is 1. The highest BCUT2D eigenvalue weighted by molar-refractivity contribution is 9.10. The molecule has 0 aliphatic rings. The van der Waals surface area contributed by atoms with E-state index in [0.29, 0.717) is 18.8 Å². The van der Waals surface area contributed by atoms with Gasteiger partial charge in [0.15, 0.2) is 0 Å². The van der Waals surface area contributed by atoms with E-state index in [9.17, 15) is 13.2 Å². The quantitative estimate of drug-likeness (QED) is 0.204. The van der Waals surface area contributed by atoms with Crippen LogP contribution in [0.4, 0.5) is 0 Å². The van der Waals surface area contributed by atoms with Crippen molar-refractivity contribution in [2.45, 2.75) is 11.3 Å². The van der Waals surface area contributed by atoms with Crippen molar-refractivity contribution in [3.63, 3.8) is 0 Å². The molecule has 0 bridgehead atoms. The number of ether oxygens (including phenoxy) is 1. The molecule has 0 spiro atoms. The lowest BCUT2D eigenvalue weighted by atomic mass is 10.1. The van der Waals surface area contributed by atoms with Crippen LogP contribution in [0.5, 0.6) is 5.75 Å². The minimum absolute atomic E-state index is 0.112. The summed E-state index contributed by atoms with van der Waals surface area (Å²) >= 11 is 3.31. The van der Waals surface area contributed by atoms with E-state index in [2.05, 4.69) is 33.0 Å². The molecule has 1 amide bonds. The van der Waals surface area contributed by atoms with Crippen LogP contribution in [0.2, 0.25) is 0 Å². The molecular weight excluding hydrogens is 530 g/mol. The highest BCUT2D eigenvalue weighted by atomic mass is 79.9. The van der Waals surface area contributed by atoms with Crippen molar-refractivity contribution in [3.05, 3.63) is 107 Å². The molecule has 3 rings (SSSR count). The maximum absolute atomic E-state index is 13.3. The minimum Gasteiger partial charge on any atom is -0.490 e. The van der Waals surface area contributed by atoms with Crippen LogP contribution < -0.4 is 10.2 Å². The van der Waals surface area contributed by atoms with Gasteiger partial charge >= 0.3 is 0 Å². The molecule has 0 saturated carbocycles. The van der Waals surface area contributed by atoms with Gasteiger partial charge in [-0.05, 0) is 53.9 Å². The van der Waals surface area contributed by atoms with E-state index >= 15 is 0 Å². The molecule has 0 aliphatic carbocycles. The molecule has 0 atom stereocenters. The van der Waals surface area contributed by atoms with Crippen LogP contribution in [0.3, 0.4) is 0 Å². The number of hydrogen-bond donors (Lipinski definition) is 1. The number of nitrogens with one attached hydrogen (secondary N) is 1. The lowest BCUT2D eigenvalue weighted by Crippen LogP contribution is -2.40. The number of amides is 1. The minimum atomic E-state index is -3.90. The van der Waals surface area contributed by atoms with Gasteiger partial charge in [0, 0.05) is 11.0 Å². The van der Waals surface area contributed by atoms with Gasteiger partial charge in [0.25, 0.3) is 5.91 Å². The third-order valence-electron chi connectivity index (χ3n) is 4.89. The number of halogens is 1. The van der Waals surface area contributed by atoms with Crippen molar-refractivity contribution >= 4 is 38.1 Å². The molecule has 3 aromatic rings. The number of nitrogens with zero attached hydrogens (tertiary/aromatic N) is 2. The molecule has 0 aromatic heterocycles. The second-order valence-corrected chi connectivity index (χ2v) is 10.3. The van der Waals surface area contributed by atoms with Crippen molar-refractivity contribution < 1.29 is 17.9 Å². The molecule has 0 fully saturated rings. The van der Waals surface area contributed by atoms with Gasteiger partial charge in [-0.3, -0.25) is 4.79 Å². The Labute approximate surface area is 214 Å². The standard InChI is InChI=1S/C26H26BrN3O4S/c1-2-17-34-24-10-6-9-22(18-24)19-28-29-26(31)20-30(16-15-21-7-4-3-5-8-21)35(32,33)25-13-11-23(27)12-14-25/h2-14,18-19H,1,15-17,20H2,(H,29,31). The van der Waals surface area contributed by atoms with Crippen molar-refractivity contribution in [2.75, 3.05) is 19.7 Å². The predicted octanol–water partition coefficient (Wildman–Crippen LogP) is 4.40. The van der Waals surface area contributed by atoms with Crippen molar-refractivity contribution in [3.8, 4) is 5.75 Å². The molecule has 3 aromatic carbocycles. The van der Waals surface area contributed by atoms with Gasteiger partial charge in [0.1, 0.15) is 12.4 Å². The van der Waals surface area contributed by atoms with Gasteiger partial charge in [0.2, 0.25) is 10.0 Å². The Bertz CT molecular complexity index is 1260. The van der Waals surface area contributed by atoms with E-state index in [-0.39, 0.29) is 18.0 Å². The summed E-state index contributed by atoms with van der Waals surface area (Å²) in [5.74, 6) is 0.0990. The first kappa shape index (κ1) is 26.3. The number of rotatable bonds is 12. The Balaban J connectivity index is 1.70. The summed E-state index contributed by atoms with van der Waals surface area (Å²) in [4.78, 5) is 12.7. The second-order valence-electron chi connectivity index (χ2n) is 7.49. The summed E-state index contributed by atoms with van der Waals surface area (Å²) in [6, 6.07) is 23.0. The van der Waals surface area contributed by atoms with Gasteiger partial charge in [-0.25, -0.2) is 13.8 Å². The first-order chi connectivity index (χ1) is 16.9. The number of hydrogen-bond acceptors (Lipinski definition) is 5. The maximum Gasteiger partial charge on any atom is 0.255 e. The highest BCUT2D eigenvalue weighted by Gasteiger charge is 2.26. The van der Waals surface area contributed by atoms with Gasteiger partial charge in [-0.2, -0.15) is 9.41 Å². The maximum atomic E-state index is 13.3. The Morgan fingerprint density at radius 2 is 1.80 bits per heavy atom. The first-order valence-electron chi connectivity index (χ1n) is 10.8. The number of carbonyl (C=O) groups excluding carboxylic acids is 1. The van der Waals surface area contributed by atoms with Crippen LogP contribution in [0.25, 0.3) is 0 Å². The number of hydrazone groups is 1. The van der Waals surface area contributed by atoms with E-state index < -0.39 is 15.9 Å². The molecule has 0 aliphatic heterocycles. The third-order valence-corrected chi connectivity index (χ3v) is 7.28. The third kappa shape index (κ3) is 8.17. The molecule has 0 heterocycles. The monoisotopic (exact) mass is 555 g/mol. The largest absolute Gasteiger partial charge is 0.490 e. The number of benzene rings is 3. The Hall–Kier alpha value is -3.27. The summed E-state index contributed by atoms with van der Waals surface area (Å²) in [5.41, 5.74) is 4.11.